The average molecular weight is 218 g/mol. The first-order valence-corrected chi connectivity index (χ1v) is 6.24. The lowest BCUT2D eigenvalue weighted by atomic mass is 9.83. The Labute approximate surface area is 98.2 Å². The van der Waals surface area contributed by atoms with Crippen molar-refractivity contribution in [3.8, 4) is 0 Å². The molecule has 0 bridgehead atoms. The smallest absolute Gasteiger partial charge is 0.0178 e. The lowest BCUT2D eigenvalue weighted by Crippen LogP contribution is -2.41. The van der Waals surface area contributed by atoms with Crippen LogP contribution in [0.2, 0.25) is 0 Å². The van der Waals surface area contributed by atoms with E-state index < -0.39 is 0 Å². The number of benzene rings is 1. The molecule has 1 aromatic rings. The topological polar surface area (TPSA) is 38.0 Å². The zero-order valence-corrected chi connectivity index (χ0v) is 10.2. The minimum atomic E-state index is 0.628. The summed E-state index contributed by atoms with van der Waals surface area (Å²) in [6, 6.07) is 10.1. The summed E-state index contributed by atoms with van der Waals surface area (Å²) < 4.78 is 0. The molecule has 0 aromatic heterocycles. The van der Waals surface area contributed by atoms with E-state index in [-0.39, 0.29) is 0 Å². The second-order valence-electron chi connectivity index (χ2n) is 5.08. The van der Waals surface area contributed by atoms with Crippen LogP contribution in [-0.4, -0.2) is 12.1 Å². The first-order chi connectivity index (χ1) is 7.69. The van der Waals surface area contributed by atoms with Crippen molar-refractivity contribution in [1.29, 1.82) is 0 Å². The van der Waals surface area contributed by atoms with Gasteiger partial charge >= 0.3 is 0 Å². The average Bonchev–Trinajstić information content (AvgIpc) is 2.28. The van der Waals surface area contributed by atoms with Gasteiger partial charge in [-0.25, -0.2) is 0 Å². The second-order valence-corrected chi connectivity index (χ2v) is 5.08. The highest BCUT2D eigenvalue weighted by Crippen LogP contribution is 2.30. The van der Waals surface area contributed by atoms with E-state index >= 15 is 0 Å². The second kappa shape index (κ2) is 4.98. The molecule has 1 fully saturated rings. The number of nitrogens with two attached hydrogens (primary N) is 1. The van der Waals surface area contributed by atoms with Gasteiger partial charge in [0.25, 0.3) is 0 Å². The maximum absolute atomic E-state index is 5.61. The Morgan fingerprint density at radius 1 is 1.12 bits per heavy atom. The standard InChI is InChI=1S/C14H22N2/c1-10-7-14(8-11(2)16-10)13-5-3-12(9-15)4-6-13/h3-6,10-11,14,16H,7-9,15H2,1-2H3. The molecule has 2 rings (SSSR count). The molecule has 2 nitrogen and oxygen atoms in total. The molecule has 0 amide bonds. The van der Waals surface area contributed by atoms with Crippen LogP contribution in [0.3, 0.4) is 0 Å². The lowest BCUT2D eigenvalue weighted by molar-refractivity contribution is 0.317. The quantitative estimate of drug-likeness (QED) is 0.800. The summed E-state index contributed by atoms with van der Waals surface area (Å²) in [4.78, 5) is 0. The molecule has 1 heterocycles. The largest absolute Gasteiger partial charge is 0.326 e. The van der Waals surface area contributed by atoms with Crippen molar-refractivity contribution in [2.45, 2.75) is 51.2 Å². The SMILES string of the molecule is CC1CC(c2ccc(CN)cc2)CC(C)N1. The van der Waals surface area contributed by atoms with E-state index in [1.807, 2.05) is 0 Å². The van der Waals surface area contributed by atoms with E-state index in [9.17, 15) is 0 Å². The predicted molar refractivity (Wildman–Crippen MR) is 68.4 cm³/mol. The zero-order valence-electron chi connectivity index (χ0n) is 10.2. The van der Waals surface area contributed by atoms with Gasteiger partial charge in [0.1, 0.15) is 0 Å². The molecule has 0 spiro atoms. The lowest BCUT2D eigenvalue weighted by Gasteiger charge is -2.33. The van der Waals surface area contributed by atoms with Crippen LogP contribution in [0.15, 0.2) is 24.3 Å². The third kappa shape index (κ3) is 2.63. The van der Waals surface area contributed by atoms with E-state index in [0.29, 0.717) is 24.5 Å². The Kier molecular flexibility index (Phi) is 3.62. The molecular weight excluding hydrogens is 196 g/mol. The van der Waals surface area contributed by atoms with Gasteiger partial charge in [0.15, 0.2) is 0 Å². The van der Waals surface area contributed by atoms with Gasteiger partial charge in [0, 0.05) is 18.6 Å². The Balaban J connectivity index is 2.10. The summed E-state index contributed by atoms with van der Waals surface area (Å²) in [6.45, 7) is 5.19. The van der Waals surface area contributed by atoms with Gasteiger partial charge in [0.2, 0.25) is 0 Å². The van der Waals surface area contributed by atoms with Gasteiger partial charge in [0.05, 0.1) is 0 Å². The van der Waals surface area contributed by atoms with Crippen molar-refractivity contribution >= 4 is 0 Å². The van der Waals surface area contributed by atoms with E-state index in [1.54, 1.807) is 0 Å². The van der Waals surface area contributed by atoms with Crippen LogP contribution in [0.4, 0.5) is 0 Å². The molecule has 0 radical (unpaired) electrons. The third-order valence-electron chi connectivity index (χ3n) is 3.53. The van der Waals surface area contributed by atoms with Crippen LogP contribution in [0, 0.1) is 0 Å². The molecule has 1 aromatic carbocycles. The van der Waals surface area contributed by atoms with Crippen molar-refractivity contribution in [3.05, 3.63) is 35.4 Å². The number of hydrogen-bond donors (Lipinski definition) is 2. The van der Waals surface area contributed by atoms with Gasteiger partial charge in [-0.05, 0) is 43.7 Å². The number of rotatable bonds is 2. The molecule has 16 heavy (non-hydrogen) atoms. The molecule has 88 valence electrons. The van der Waals surface area contributed by atoms with Gasteiger partial charge in [-0.1, -0.05) is 24.3 Å². The van der Waals surface area contributed by atoms with Gasteiger partial charge in [-0.3, -0.25) is 0 Å². The summed E-state index contributed by atoms with van der Waals surface area (Å²) in [5, 5.41) is 3.58. The van der Waals surface area contributed by atoms with Crippen molar-refractivity contribution < 1.29 is 0 Å². The number of hydrogen-bond acceptors (Lipinski definition) is 2. The first kappa shape index (κ1) is 11.6. The Morgan fingerprint density at radius 3 is 2.19 bits per heavy atom. The molecule has 1 aliphatic heterocycles. The molecule has 3 N–H and O–H groups in total. The zero-order chi connectivity index (χ0) is 11.5. The van der Waals surface area contributed by atoms with Crippen LogP contribution < -0.4 is 11.1 Å². The minimum Gasteiger partial charge on any atom is -0.326 e. The molecule has 1 saturated heterocycles. The molecule has 2 unspecified atom stereocenters. The summed E-state index contributed by atoms with van der Waals surface area (Å²) >= 11 is 0. The van der Waals surface area contributed by atoms with Crippen molar-refractivity contribution in [2.75, 3.05) is 0 Å². The summed E-state index contributed by atoms with van der Waals surface area (Å²) in [5.74, 6) is 0.707. The molecule has 0 saturated carbocycles. The fourth-order valence-electron chi connectivity index (χ4n) is 2.77. The van der Waals surface area contributed by atoms with Crippen LogP contribution >= 0.6 is 0 Å². The highest BCUT2D eigenvalue weighted by atomic mass is 14.9. The number of nitrogens with one attached hydrogen (secondary N) is 1. The summed E-state index contributed by atoms with van der Waals surface area (Å²) in [6.07, 6.45) is 2.48. The van der Waals surface area contributed by atoms with Gasteiger partial charge in [-0.2, -0.15) is 0 Å². The maximum Gasteiger partial charge on any atom is 0.0178 e. The Bertz CT molecular complexity index is 321. The Hall–Kier alpha value is -0.860. The van der Waals surface area contributed by atoms with Crippen LogP contribution in [0.5, 0.6) is 0 Å². The predicted octanol–water partition coefficient (Wildman–Crippen LogP) is 2.39. The molecular formula is C14H22N2. The third-order valence-corrected chi connectivity index (χ3v) is 3.53. The van der Waals surface area contributed by atoms with Gasteiger partial charge < -0.3 is 11.1 Å². The van der Waals surface area contributed by atoms with E-state index in [0.717, 1.165) is 0 Å². The molecule has 2 atom stereocenters. The fraction of sp³-hybridized carbons (Fsp3) is 0.571. The molecule has 2 heteroatoms. The van der Waals surface area contributed by atoms with Crippen molar-refractivity contribution in [1.82, 2.24) is 5.32 Å². The number of piperidine rings is 1. The van der Waals surface area contributed by atoms with Gasteiger partial charge in [-0.15, -0.1) is 0 Å². The van der Waals surface area contributed by atoms with Crippen LogP contribution in [0.1, 0.15) is 43.7 Å². The van der Waals surface area contributed by atoms with E-state index in [1.165, 1.54) is 24.0 Å². The van der Waals surface area contributed by atoms with Crippen LogP contribution in [0.25, 0.3) is 0 Å². The monoisotopic (exact) mass is 218 g/mol. The molecule has 0 aliphatic carbocycles. The fourth-order valence-corrected chi connectivity index (χ4v) is 2.77. The highest BCUT2D eigenvalue weighted by molar-refractivity contribution is 5.26. The van der Waals surface area contributed by atoms with E-state index in [4.69, 9.17) is 5.73 Å². The van der Waals surface area contributed by atoms with Crippen LogP contribution in [-0.2, 0) is 6.54 Å². The highest BCUT2D eigenvalue weighted by Gasteiger charge is 2.24. The normalized spacial score (nSPS) is 30.3. The maximum atomic E-state index is 5.61. The summed E-state index contributed by atoms with van der Waals surface area (Å²) in [5.41, 5.74) is 8.30. The van der Waals surface area contributed by atoms with Crippen molar-refractivity contribution in [2.24, 2.45) is 5.73 Å². The Morgan fingerprint density at radius 2 is 1.69 bits per heavy atom. The summed E-state index contributed by atoms with van der Waals surface area (Å²) in [7, 11) is 0. The first-order valence-electron chi connectivity index (χ1n) is 6.24. The molecule has 1 aliphatic rings. The van der Waals surface area contributed by atoms with E-state index in [2.05, 4.69) is 43.4 Å². The van der Waals surface area contributed by atoms with Crippen molar-refractivity contribution in [3.63, 3.8) is 0 Å². The minimum absolute atomic E-state index is 0.628.